The number of halogens is 2. The molecule has 1 aromatic heterocycles. The average molecular weight is 669 g/mol. The van der Waals surface area contributed by atoms with E-state index in [0.29, 0.717) is 62.2 Å². The summed E-state index contributed by atoms with van der Waals surface area (Å²) in [5.74, 6) is -0.457. The molecule has 3 aromatic carbocycles. The average Bonchev–Trinajstić information content (AvgIpc) is 3.09. The predicted molar refractivity (Wildman–Crippen MR) is 187 cm³/mol. The van der Waals surface area contributed by atoms with Crippen molar-refractivity contribution in [2.24, 2.45) is 0 Å². The first-order valence-corrected chi connectivity index (χ1v) is 16.7. The predicted octanol–water partition coefficient (Wildman–Crippen LogP) is 5.39. The molecule has 3 heterocycles. The fourth-order valence-corrected chi connectivity index (χ4v) is 6.87. The second-order valence-corrected chi connectivity index (χ2v) is 12.7. The molecule has 256 valence electrons. The van der Waals surface area contributed by atoms with Crippen molar-refractivity contribution < 1.29 is 18.3 Å². The van der Waals surface area contributed by atoms with Crippen molar-refractivity contribution >= 4 is 17.6 Å². The summed E-state index contributed by atoms with van der Waals surface area (Å²) in [6, 6.07) is 22.4. The minimum Gasteiger partial charge on any atom is -0.463 e. The van der Waals surface area contributed by atoms with Gasteiger partial charge in [0.2, 0.25) is 0 Å². The maximum Gasteiger partial charge on any atom is 0.351 e. The normalized spacial score (nSPS) is 16.6. The number of carbonyl (C=O) groups is 1. The quantitative estimate of drug-likeness (QED) is 0.226. The van der Waals surface area contributed by atoms with Gasteiger partial charge >= 0.3 is 11.7 Å². The van der Waals surface area contributed by atoms with Gasteiger partial charge in [0.25, 0.3) is 0 Å². The highest BCUT2D eigenvalue weighted by Crippen LogP contribution is 2.46. The van der Waals surface area contributed by atoms with E-state index in [1.807, 2.05) is 56.3 Å². The number of hydrogen-bond donors (Lipinski definition) is 1. The van der Waals surface area contributed by atoms with E-state index in [-0.39, 0.29) is 30.0 Å². The number of piperazine rings is 1. The number of nitrogens with one attached hydrogen (secondary N) is 1. The third-order valence-corrected chi connectivity index (χ3v) is 9.24. The first kappa shape index (κ1) is 34.0. The maximum absolute atomic E-state index is 13.9. The Morgan fingerprint density at radius 1 is 0.939 bits per heavy atom. The Labute approximate surface area is 285 Å². The molecule has 0 aliphatic carbocycles. The summed E-state index contributed by atoms with van der Waals surface area (Å²) in [5.41, 5.74) is 4.16. The molecule has 9 nitrogen and oxygen atoms in total. The molecular weight excluding hydrogens is 626 g/mol. The number of likely N-dealkylation sites (N-methyl/N-ethyl adjacent to an activating group) is 1. The van der Waals surface area contributed by atoms with E-state index in [1.165, 1.54) is 24.3 Å². The number of aromatic nitrogens is 2. The van der Waals surface area contributed by atoms with Crippen LogP contribution in [0.5, 0.6) is 0 Å². The summed E-state index contributed by atoms with van der Waals surface area (Å²) in [6.07, 6.45) is 0. The van der Waals surface area contributed by atoms with E-state index in [9.17, 15) is 18.4 Å². The Balaban J connectivity index is 1.42. The Hall–Kier alpha value is -4.87. The standard InChI is InChI=1S/C38H42F2N6O3/c1-5-49-37(47)31-25(2)41-36-33(32(31)26-9-7-6-8-10-26)35(42-38(48)46(36)24-19-43(3)4)45-22-20-44(21-23-45)34(27-11-15-29(39)16-12-27)28-13-17-30(40)18-14-28/h6-18,32,34,41H,5,19-24H2,1-4H3. The first-order valence-electron chi connectivity index (χ1n) is 16.7. The lowest BCUT2D eigenvalue weighted by atomic mass is 9.81. The van der Waals surface area contributed by atoms with Crippen molar-refractivity contribution in [1.82, 2.24) is 19.4 Å². The van der Waals surface area contributed by atoms with E-state index >= 15 is 0 Å². The van der Waals surface area contributed by atoms with Crippen LogP contribution in [0.4, 0.5) is 20.4 Å². The van der Waals surface area contributed by atoms with Crippen LogP contribution in [0.3, 0.4) is 0 Å². The van der Waals surface area contributed by atoms with E-state index in [4.69, 9.17) is 9.72 Å². The van der Waals surface area contributed by atoms with Crippen LogP contribution in [0.15, 0.2) is 94.9 Å². The van der Waals surface area contributed by atoms with Gasteiger partial charge in [0.1, 0.15) is 23.3 Å². The van der Waals surface area contributed by atoms with Crippen LogP contribution < -0.4 is 15.9 Å². The van der Waals surface area contributed by atoms with E-state index < -0.39 is 11.9 Å². The number of ether oxygens (including phenoxy) is 1. The number of benzene rings is 3. The highest BCUT2D eigenvalue weighted by molar-refractivity contribution is 5.95. The van der Waals surface area contributed by atoms with Crippen LogP contribution in [0.2, 0.25) is 0 Å². The lowest BCUT2D eigenvalue weighted by Crippen LogP contribution is -2.49. The van der Waals surface area contributed by atoms with E-state index in [2.05, 4.69) is 15.1 Å². The molecule has 49 heavy (non-hydrogen) atoms. The number of esters is 1. The van der Waals surface area contributed by atoms with Crippen LogP contribution in [0, 0.1) is 11.6 Å². The van der Waals surface area contributed by atoms with E-state index in [0.717, 1.165) is 22.3 Å². The van der Waals surface area contributed by atoms with Gasteiger partial charge in [0.05, 0.1) is 24.1 Å². The second-order valence-electron chi connectivity index (χ2n) is 12.7. The number of rotatable bonds is 10. The lowest BCUT2D eigenvalue weighted by Gasteiger charge is -2.42. The molecule has 1 saturated heterocycles. The van der Waals surface area contributed by atoms with Crippen LogP contribution in [0.1, 0.15) is 48.1 Å². The van der Waals surface area contributed by atoms with Gasteiger partial charge in [-0.25, -0.2) is 18.4 Å². The minimum absolute atomic E-state index is 0.225. The van der Waals surface area contributed by atoms with Gasteiger partial charge in [0.15, 0.2) is 0 Å². The summed E-state index contributed by atoms with van der Waals surface area (Å²) in [7, 11) is 3.91. The topological polar surface area (TPSA) is 82.9 Å². The summed E-state index contributed by atoms with van der Waals surface area (Å²) in [4.78, 5) is 38.6. The molecule has 1 N–H and O–H groups in total. The van der Waals surface area contributed by atoms with Gasteiger partial charge in [-0.1, -0.05) is 54.6 Å². The van der Waals surface area contributed by atoms with Crippen molar-refractivity contribution in [3.8, 4) is 0 Å². The van der Waals surface area contributed by atoms with Crippen molar-refractivity contribution in [3.05, 3.63) is 135 Å². The monoisotopic (exact) mass is 668 g/mol. The molecule has 1 fully saturated rings. The zero-order valence-electron chi connectivity index (χ0n) is 28.3. The third kappa shape index (κ3) is 7.13. The highest BCUT2D eigenvalue weighted by Gasteiger charge is 2.39. The van der Waals surface area contributed by atoms with Crippen molar-refractivity contribution in [3.63, 3.8) is 0 Å². The van der Waals surface area contributed by atoms with Gasteiger partial charge in [-0.15, -0.1) is 0 Å². The van der Waals surface area contributed by atoms with Gasteiger partial charge in [-0.05, 0) is 68.9 Å². The molecule has 0 bridgehead atoms. The maximum atomic E-state index is 13.9. The molecule has 0 saturated carbocycles. The lowest BCUT2D eigenvalue weighted by molar-refractivity contribution is -0.138. The van der Waals surface area contributed by atoms with Crippen molar-refractivity contribution in [2.75, 3.05) is 63.6 Å². The summed E-state index contributed by atoms with van der Waals surface area (Å²) >= 11 is 0. The summed E-state index contributed by atoms with van der Waals surface area (Å²) in [5, 5.41) is 3.43. The van der Waals surface area contributed by atoms with Gasteiger partial charge in [0, 0.05) is 50.5 Å². The number of nitrogens with zero attached hydrogens (tertiary/aromatic N) is 5. The zero-order chi connectivity index (χ0) is 34.7. The Bertz CT molecular complexity index is 1820. The zero-order valence-corrected chi connectivity index (χ0v) is 28.3. The Kier molecular flexibility index (Phi) is 10.2. The molecule has 1 atom stereocenters. The Morgan fingerprint density at radius 3 is 2.08 bits per heavy atom. The van der Waals surface area contributed by atoms with Gasteiger partial charge in [-0.2, -0.15) is 4.98 Å². The summed E-state index contributed by atoms with van der Waals surface area (Å²) < 4.78 is 35.1. The van der Waals surface area contributed by atoms with E-state index in [1.54, 1.807) is 35.8 Å². The van der Waals surface area contributed by atoms with Crippen molar-refractivity contribution in [2.45, 2.75) is 32.4 Å². The van der Waals surface area contributed by atoms with Crippen LogP contribution in [-0.4, -0.2) is 78.7 Å². The second kappa shape index (κ2) is 14.7. The van der Waals surface area contributed by atoms with Crippen LogP contribution >= 0.6 is 0 Å². The largest absolute Gasteiger partial charge is 0.463 e. The Morgan fingerprint density at radius 2 is 1.53 bits per heavy atom. The smallest absolute Gasteiger partial charge is 0.351 e. The van der Waals surface area contributed by atoms with Gasteiger partial charge in [-0.3, -0.25) is 9.47 Å². The third-order valence-electron chi connectivity index (χ3n) is 9.24. The fourth-order valence-electron chi connectivity index (χ4n) is 6.87. The number of allylic oxidation sites excluding steroid dienone is 1. The van der Waals surface area contributed by atoms with Crippen LogP contribution in [-0.2, 0) is 16.1 Å². The number of anilines is 2. The molecule has 0 amide bonds. The molecule has 1 unspecified atom stereocenters. The molecule has 6 rings (SSSR count). The molecule has 0 spiro atoms. The number of hydrogen-bond acceptors (Lipinski definition) is 8. The molecule has 11 heteroatoms. The number of carbonyl (C=O) groups excluding carboxylic acids is 1. The fraction of sp³-hybridized carbons (Fsp3) is 0.342. The SMILES string of the molecule is CCOC(=O)C1=C(C)Nc2c(c(N3CCN(C(c4ccc(F)cc4)c4ccc(F)cc4)CC3)nc(=O)n2CCN(C)C)C1c1ccccc1. The summed E-state index contributed by atoms with van der Waals surface area (Å²) in [6.45, 7) is 7.10. The van der Waals surface area contributed by atoms with Crippen molar-refractivity contribution in [1.29, 1.82) is 0 Å². The van der Waals surface area contributed by atoms with Crippen LogP contribution in [0.25, 0.3) is 0 Å². The van der Waals surface area contributed by atoms with Gasteiger partial charge < -0.3 is 19.9 Å². The molecule has 4 aromatic rings. The molecule has 2 aliphatic heterocycles. The molecular formula is C38H42F2N6O3. The highest BCUT2D eigenvalue weighted by atomic mass is 19.1. The number of fused-ring (bicyclic) bond motifs is 1. The minimum atomic E-state index is -0.533. The molecule has 2 aliphatic rings. The molecule has 0 radical (unpaired) electrons. The first-order chi connectivity index (χ1) is 23.7.